The van der Waals surface area contributed by atoms with Crippen molar-refractivity contribution in [1.82, 2.24) is 0 Å². The van der Waals surface area contributed by atoms with Gasteiger partial charge in [-0.25, -0.2) is 4.79 Å². The van der Waals surface area contributed by atoms with Crippen LogP contribution in [-0.2, 0) is 17.7 Å². The van der Waals surface area contributed by atoms with Gasteiger partial charge in [0.2, 0.25) is 0 Å². The van der Waals surface area contributed by atoms with Crippen LogP contribution < -0.4 is 10.1 Å². The normalized spacial score (nSPS) is 10.1. The molecule has 0 saturated carbocycles. The molecular weight excluding hydrogens is 278 g/mol. The average Bonchev–Trinajstić information content (AvgIpc) is 2.58. The highest BCUT2D eigenvalue weighted by Crippen LogP contribution is 2.25. The van der Waals surface area contributed by atoms with Crippen LogP contribution in [0, 0.1) is 0 Å². The van der Waals surface area contributed by atoms with Crippen molar-refractivity contribution in [1.29, 1.82) is 0 Å². The zero-order valence-electron chi connectivity index (χ0n) is 13.2. The van der Waals surface area contributed by atoms with Crippen molar-refractivity contribution in [2.24, 2.45) is 0 Å². The van der Waals surface area contributed by atoms with Crippen LogP contribution in [0.3, 0.4) is 0 Å². The highest BCUT2D eigenvalue weighted by atomic mass is 16.5. The molecule has 0 heterocycles. The summed E-state index contributed by atoms with van der Waals surface area (Å²) in [6.45, 7) is 2.64. The zero-order chi connectivity index (χ0) is 15.9. The van der Waals surface area contributed by atoms with Gasteiger partial charge >= 0.3 is 5.97 Å². The van der Waals surface area contributed by atoms with E-state index in [-0.39, 0.29) is 0 Å². The topological polar surface area (TPSA) is 47.6 Å². The van der Waals surface area contributed by atoms with Gasteiger partial charge in [0.25, 0.3) is 0 Å². The highest BCUT2D eigenvalue weighted by Gasteiger charge is 2.17. The number of hydrogen-bond acceptors (Lipinski definition) is 4. The Morgan fingerprint density at radius 2 is 1.77 bits per heavy atom. The van der Waals surface area contributed by atoms with Crippen molar-refractivity contribution < 1.29 is 14.3 Å². The Balaban J connectivity index is 2.28. The fourth-order valence-corrected chi connectivity index (χ4v) is 2.42. The summed E-state index contributed by atoms with van der Waals surface area (Å²) in [5.74, 6) is 0.132. The quantitative estimate of drug-likeness (QED) is 0.827. The largest absolute Gasteiger partial charge is 0.496 e. The van der Waals surface area contributed by atoms with E-state index in [9.17, 15) is 4.79 Å². The number of carbonyl (C=O) groups excluding carboxylic acids is 1. The number of aryl methyl sites for hydroxylation is 1. The SMILES string of the molecule is CCc1ccccc1NCc1cccc(OC)c1C(=O)OC. The Kier molecular flexibility index (Phi) is 5.42. The first-order chi connectivity index (χ1) is 10.7. The Labute approximate surface area is 131 Å². The van der Waals surface area contributed by atoms with Crippen LogP contribution in [0.4, 0.5) is 5.69 Å². The second kappa shape index (κ2) is 7.50. The molecule has 0 aliphatic rings. The number of methoxy groups -OCH3 is 2. The first-order valence-electron chi connectivity index (χ1n) is 7.27. The van der Waals surface area contributed by atoms with Crippen LogP contribution in [0.1, 0.15) is 28.4 Å². The van der Waals surface area contributed by atoms with Crippen LogP contribution in [0.15, 0.2) is 42.5 Å². The van der Waals surface area contributed by atoms with Gasteiger partial charge in [0, 0.05) is 12.2 Å². The molecule has 0 aromatic heterocycles. The molecule has 2 rings (SSSR count). The minimum Gasteiger partial charge on any atom is -0.496 e. The molecule has 0 atom stereocenters. The maximum Gasteiger partial charge on any atom is 0.341 e. The van der Waals surface area contributed by atoms with Gasteiger partial charge in [-0.05, 0) is 29.7 Å². The number of nitrogens with one attached hydrogen (secondary N) is 1. The number of para-hydroxylation sites is 1. The molecule has 0 radical (unpaired) electrons. The van der Waals surface area contributed by atoms with Crippen LogP contribution in [-0.4, -0.2) is 20.2 Å². The molecule has 0 unspecified atom stereocenters. The molecule has 116 valence electrons. The lowest BCUT2D eigenvalue weighted by atomic mass is 10.1. The summed E-state index contributed by atoms with van der Waals surface area (Å²) in [6.07, 6.45) is 0.950. The Morgan fingerprint density at radius 3 is 2.45 bits per heavy atom. The van der Waals surface area contributed by atoms with Crippen molar-refractivity contribution in [3.05, 3.63) is 59.2 Å². The second-order valence-corrected chi connectivity index (χ2v) is 4.85. The van der Waals surface area contributed by atoms with Gasteiger partial charge in [0.1, 0.15) is 11.3 Å². The average molecular weight is 299 g/mol. The van der Waals surface area contributed by atoms with E-state index in [4.69, 9.17) is 9.47 Å². The molecule has 1 N–H and O–H groups in total. The fraction of sp³-hybridized carbons (Fsp3) is 0.278. The number of benzene rings is 2. The number of carbonyl (C=O) groups is 1. The van der Waals surface area contributed by atoms with E-state index in [1.807, 2.05) is 30.3 Å². The Bertz CT molecular complexity index is 653. The molecule has 2 aromatic rings. The third kappa shape index (κ3) is 3.39. The lowest BCUT2D eigenvalue weighted by Crippen LogP contribution is -2.11. The van der Waals surface area contributed by atoms with E-state index in [0.717, 1.165) is 17.7 Å². The minimum atomic E-state index is -0.391. The summed E-state index contributed by atoms with van der Waals surface area (Å²) in [7, 11) is 2.92. The van der Waals surface area contributed by atoms with Gasteiger partial charge < -0.3 is 14.8 Å². The Hall–Kier alpha value is -2.49. The van der Waals surface area contributed by atoms with E-state index in [0.29, 0.717) is 17.9 Å². The van der Waals surface area contributed by atoms with Crippen molar-refractivity contribution in [3.8, 4) is 5.75 Å². The third-order valence-corrected chi connectivity index (χ3v) is 3.59. The lowest BCUT2D eigenvalue weighted by Gasteiger charge is -2.15. The Morgan fingerprint density at radius 1 is 1.05 bits per heavy atom. The van der Waals surface area contributed by atoms with Crippen LogP contribution in [0.2, 0.25) is 0 Å². The van der Waals surface area contributed by atoms with Crippen molar-refractivity contribution in [2.45, 2.75) is 19.9 Å². The van der Waals surface area contributed by atoms with Gasteiger partial charge in [-0.3, -0.25) is 0 Å². The van der Waals surface area contributed by atoms with Crippen molar-refractivity contribution in [3.63, 3.8) is 0 Å². The van der Waals surface area contributed by atoms with Gasteiger partial charge in [0.15, 0.2) is 0 Å². The van der Waals surface area contributed by atoms with E-state index >= 15 is 0 Å². The first kappa shape index (κ1) is 15.9. The minimum absolute atomic E-state index is 0.391. The predicted octanol–water partition coefficient (Wildman–Crippen LogP) is 3.66. The summed E-state index contributed by atoms with van der Waals surface area (Å²) >= 11 is 0. The number of anilines is 1. The maximum atomic E-state index is 12.0. The van der Waals surface area contributed by atoms with Gasteiger partial charge in [0.05, 0.1) is 14.2 Å². The van der Waals surface area contributed by atoms with E-state index in [1.165, 1.54) is 12.7 Å². The molecule has 2 aromatic carbocycles. The molecule has 0 spiro atoms. The second-order valence-electron chi connectivity index (χ2n) is 4.85. The summed E-state index contributed by atoms with van der Waals surface area (Å²) < 4.78 is 10.1. The van der Waals surface area contributed by atoms with Crippen LogP contribution in [0.5, 0.6) is 5.75 Å². The number of hydrogen-bond donors (Lipinski definition) is 1. The van der Waals surface area contributed by atoms with Gasteiger partial charge in [-0.15, -0.1) is 0 Å². The van der Waals surface area contributed by atoms with Crippen LogP contribution >= 0.6 is 0 Å². The van der Waals surface area contributed by atoms with E-state index < -0.39 is 5.97 Å². The molecule has 0 saturated heterocycles. The third-order valence-electron chi connectivity index (χ3n) is 3.59. The molecule has 0 fully saturated rings. The summed E-state index contributed by atoms with van der Waals surface area (Å²) in [5, 5.41) is 3.39. The fourth-order valence-electron chi connectivity index (χ4n) is 2.42. The molecular formula is C18H21NO3. The standard InChI is InChI=1S/C18H21NO3/c1-4-13-8-5-6-10-15(13)19-12-14-9-7-11-16(21-2)17(14)18(20)22-3/h5-11,19H,4,12H2,1-3H3. The monoisotopic (exact) mass is 299 g/mol. The number of ether oxygens (including phenoxy) is 2. The molecule has 22 heavy (non-hydrogen) atoms. The molecule has 4 heteroatoms. The first-order valence-corrected chi connectivity index (χ1v) is 7.27. The number of rotatable bonds is 6. The summed E-state index contributed by atoms with van der Waals surface area (Å²) in [6, 6.07) is 13.7. The van der Waals surface area contributed by atoms with E-state index in [2.05, 4.69) is 18.3 Å². The summed E-state index contributed by atoms with van der Waals surface area (Å²) in [5.41, 5.74) is 3.62. The number of esters is 1. The zero-order valence-corrected chi connectivity index (χ0v) is 13.2. The maximum absolute atomic E-state index is 12.0. The van der Waals surface area contributed by atoms with Gasteiger partial charge in [-0.2, -0.15) is 0 Å². The van der Waals surface area contributed by atoms with Crippen molar-refractivity contribution in [2.75, 3.05) is 19.5 Å². The van der Waals surface area contributed by atoms with Crippen LogP contribution in [0.25, 0.3) is 0 Å². The summed E-state index contributed by atoms with van der Waals surface area (Å²) in [4.78, 5) is 12.0. The molecule has 4 nitrogen and oxygen atoms in total. The smallest absolute Gasteiger partial charge is 0.341 e. The highest BCUT2D eigenvalue weighted by molar-refractivity contribution is 5.94. The predicted molar refractivity (Wildman–Crippen MR) is 87.5 cm³/mol. The molecule has 0 aliphatic heterocycles. The lowest BCUT2D eigenvalue weighted by molar-refractivity contribution is 0.0596. The molecule has 0 amide bonds. The molecule has 0 bridgehead atoms. The van der Waals surface area contributed by atoms with E-state index in [1.54, 1.807) is 13.2 Å². The van der Waals surface area contributed by atoms with Gasteiger partial charge in [-0.1, -0.05) is 37.3 Å². The molecule has 0 aliphatic carbocycles. The van der Waals surface area contributed by atoms with Crippen molar-refractivity contribution >= 4 is 11.7 Å².